The van der Waals surface area contributed by atoms with Crippen LogP contribution in [0.3, 0.4) is 0 Å². The molecule has 4 atom stereocenters. The third-order valence-corrected chi connectivity index (χ3v) is 2.08. The summed E-state index contributed by atoms with van der Waals surface area (Å²) in [5.41, 5.74) is 5.41. The van der Waals surface area contributed by atoms with Gasteiger partial charge in [-0.2, -0.15) is 0 Å². The quantitative estimate of drug-likeness (QED) is 0.347. The first-order valence-electron chi connectivity index (χ1n) is 3.39. The van der Waals surface area contributed by atoms with Gasteiger partial charge in [0, 0.05) is 18.6 Å². The fourth-order valence-electron chi connectivity index (χ4n) is 1.34. The van der Waals surface area contributed by atoms with Gasteiger partial charge in [-0.15, -0.1) is 0 Å². The SMILES string of the molecule is N[C@@H]1CC(CO)[C@@H](O)[C@H]1O. The van der Waals surface area contributed by atoms with Gasteiger partial charge in [0.05, 0.1) is 12.2 Å². The van der Waals surface area contributed by atoms with Crippen LogP contribution in [-0.2, 0) is 0 Å². The van der Waals surface area contributed by atoms with E-state index in [9.17, 15) is 0 Å². The maximum Gasteiger partial charge on any atom is 0.0953 e. The van der Waals surface area contributed by atoms with Crippen molar-refractivity contribution in [2.24, 2.45) is 11.7 Å². The molecule has 1 unspecified atom stereocenters. The average Bonchev–Trinajstić information content (AvgIpc) is 2.17. The molecule has 0 radical (unpaired) electrons. The molecule has 1 aliphatic rings. The van der Waals surface area contributed by atoms with Crippen LogP contribution in [0.1, 0.15) is 6.42 Å². The van der Waals surface area contributed by atoms with E-state index in [0.29, 0.717) is 6.42 Å². The van der Waals surface area contributed by atoms with E-state index in [1.807, 2.05) is 0 Å². The molecule has 0 aromatic rings. The van der Waals surface area contributed by atoms with Crippen LogP contribution in [0.4, 0.5) is 0 Å². The largest absolute Gasteiger partial charge is 0.396 e. The Hall–Kier alpha value is -0.160. The van der Waals surface area contributed by atoms with Gasteiger partial charge in [-0.05, 0) is 6.42 Å². The molecule has 1 fully saturated rings. The highest BCUT2D eigenvalue weighted by molar-refractivity contribution is 4.92. The zero-order valence-corrected chi connectivity index (χ0v) is 5.64. The van der Waals surface area contributed by atoms with Crippen molar-refractivity contribution in [1.82, 2.24) is 0 Å². The van der Waals surface area contributed by atoms with E-state index in [0.717, 1.165) is 0 Å². The first-order chi connectivity index (χ1) is 4.66. The minimum atomic E-state index is -0.864. The van der Waals surface area contributed by atoms with Gasteiger partial charge in [-0.3, -0.25) is 0 Å². The van der Waals surface area contributed by atoms with Crippen molar-refractivity contribution in [3.05, 3.63) is 0 Å². The summed E-state index contributed by atoms with van der Waals surface area (Å²) in [5, 5.41) is 26.9. The van der Waals surface area contributed by atoms with Crippen LogP contribution < -0.4 is 5.73 Å². The molecule has 0 heterocycles. The summed E-state index contributed by atoms with van der Waals surface area (Å²) in [6.45, 7) is -0.105. The average molecular weight is 147 g/mol. The third kappa shape index (κ3) is 1.15. The minimum Gasteiger partial charge on any atom is -0.396 e. The van der Waals surface area contributed by atoms with Crippen LogP contribution in [0.15, 0.2) is 0 Å². The summed E-state index contributed by atoms with van der Waals surface area (Å²) < 4.78 is 0. The molecule has 10 heavy (non-hydrogen) atoms. The molecule has 0 aromatic carbocycles. The van der Waals surface area contributed by atoms with Crippen molar-refractivity contribution in [3.8, 4) is 0 Å². The van der Waals surface area contributed by atoms with Gasteiger partial charge >= 0.3 is 0 Å². The topological polar surface area (TPSA) is 86.7 Å². The molecule has 4 heteroatoms. The third-order valence-electron chi connectivity index (χ3n) is 2.08. The zero-order valence-electron chi connectivity index (χ0n) is 5.64. The second-order valence-electron chi connectivity index (χ2n) is 2.82. The van der Waals surface area contributed by atoms with E-state index in [-0.39, 0.29) is 18.6 Å². The van der Waals surface area contributed by atoms with Gasteiger partial charge in [0.15, 0.2) is 0 Å². The van der Waals surface area contributed by atoms with Crippen LogP contribution in [-0.4, -0.2) is 40.2 Å². The molecule has 60 valence electrons. The summed E-state index contributed by atoms with van der Waals surface area (Å²) in [7, 11) is 0. The fourth-order valence-corrected chi connectivity index (χ4v) is 1.34. The van der Waals surface area contributed by atoms with Crippen LogP contribution in [0.5, 0.6) is 0 Å². The lowest BCUT2D eigenvalue weighted by atomic mass is 10.1. The minimum absolute atomic E-state index is 0.105. The van der Waals surface area contributed by atoms with E-state index in [2.05, 4.69) is 0 Å². The van der Waals surface area contributed by atoms with Crippen LogP contribution in [0.25, 0.3) is 0 Å². The fraction of sp³-hybridized carbons (Fsp3) is 1.00. The van der Waals surface area contributed by atoms with Crippen LogP contribution in [0.2, 0.25) is 0 Å². The maximum atomic E-state index is 9.14. The molecule has 5 N–H and O–H groups in total. The summed E-state index contributed by atoms with van der Waals surface area (Å²) in [4.78, 5) is 0. The van der Waals surface area contributed by atoms with Crippen molar-refractivity contribution in [2.45, 2.75) is 24.7 Å². The second kappa shape index (κ2) is 2.84. The summed E-state index contributed by atoms with van der Waals surface area (Å²) >= 11 is 0. The van der Waals surface area contributed by atoms with Crippen LogP contribution in [0, 0.1) is 5.92 Å². The predicted octanol–water partition coefficient (Wildman–Crippen LogP) is -1.95. The van der Waals surface area contributed by atoms with Crippen molar-refractivity contribution < 1.29 is 15.3 Å². The highest BCUT2D eigenvalue weighted by Gasteiger charge is 2.38. The molecule has 0 bridgehead atoms. The zero-order chi connectivity index (χ0) is 7.72. The molecule has 0 spiro atoms. The Kier molecular flexibility index (Phi) is 2.25. The Bertz CT molecular complexity index is 120. The summed E-state index contributed by atoms with van der Waals surface area (Å²) in [5.74, 6) is -0.245. The van der Waals surface area contributed by atoms with Crippen molar-refractivity contribution in [1.29, 1.82) is 0 Å². The molecule has 0 aliphatic heterocycles. The van der Waals surface area contributed by atoms with E-state index in [4.69, 9.17) is 21.1 Å². The summed E-state index contributed by atoms with van der Waals surface area (Å²) in [6.07, 6.45) is -1.21. The van der Waals surface area contributed by atoms with Gasteiger partial charge in [0.25, 0.3) is 0 Å². The molecule has 0 aromatic heterocycles. The van der Waals surface area contributed by atoms with Crippen LogP contribution >= 0.6 is 0 Å². The lowest BCUT2D eigenvalue weighted by Crippen LogP contribution is -2.35. The Morgan fingerprint density at radius 2 is 1.90 bits per heavy atom. The van der Waals surface area contributed by atoms with Crippen molar-refractivity contribution >= 4 is 0 Å². The molecular formula is C6H13NO3. The lowest BCUT2D eigenvalue weighted by molar-refractivity contribution is 0.00300. The van der Waals surface area contributed by atoms with Gasteiger partial charge < -0.3 is 21.1 Å². The van der Waals surface area contributed by atoms with E-state index in [1.165, 1.54) is 0 Å². The number of aliphatic hydroxyl groups excluding tert-OH is 3. The van der Waals surface area contributed by atoms with Gasteiger partial charge in [-0.25, -0.2) is 0 Å². The number of rotatable bonds is 1. The second-order valence-corrected chi connectivity index (χ2v) is 2.82. The first-order valence-corrected chi connectivity index (χ1v) is 3.39. The Morgan fingerprint density at radius 3 is 2.10 bits per heavy atom. The predicted molar refractivity (Wildman–Crippen MR) is 35.2 cm³/mol. The van der Waals surface area contributed by atoms with Crippen molar-refractivity contribution in [2.75, 3.05) is 6.61 Å². The Labute approximate surface area is 59.3 Å². The Balaban J connectivity index is 2.53. The van der Waals surface area contributed by atoms with Gasteiger partial charge in [0.2, 0.25) is 0 Å². The van der Waals surface area contributed by atoms with Crippen molar-refractivity contribution in [3.63, 3.8) is 0 Å². The number of nitrogens with two attached hydrogens (primary N) is 1. The number of aliphatic hydroxyl groups is 3. The highest BCUT2D eigenvalue weighted by Crippen LogP contribution is 2.24. The molecule has 0 amide bonds. The Morgan fingerprint density at radius 1 is 1.30 bits per heavy atom. The van der Waals surface area contributed by atoms with E-state index < -0.39 is 12.2 Å². The molecule has 1 rings (SSSR count). The molecule has 1 saturated carbocycles. The monoisotopic (exact) mass is 147 g/mol. The number of hydrogen-bond acceptors (Lipinski definition) is 4. The maximum absolute atomic E-state index is 9.14. The number of hydrogen-bond donors (Lipinski definition) is 4. The highest BCUT2D eigenvalue weighted by atomic mass is 16.3. The normalized spacial score (nSPS) is 48.0. The molecule has 4 nitrogen and oxygen atoms in total. The molecule has 0 saturated heterocycles. The molecular weight excluding hydrogens is 134 g/mol. The summed E-state index contributed by atoms with van der Waals surface area (Å²) in [6, 6.07) is -0.382. The van der Waals surface area contributed by atoms with E-state index >= 15 is 0 Å². The first kappa shape index (κ1) is 7.94. The van der Waals surface area contributed by atoms with Gasteiger partial charge in [0.1, 0.15) is 0 Å². The lowest BCUT2D eigenvalue weighted by Gasteiger charge is -2.13. The smallest absolute Gasteiger partial charge is 0.0953 e. The molecule has 1 aliphatic carbocycles. The van der Waals surface area contributed by atoms with E-state index in [1.54, 1.807) is 0 Å². The standard InChI is InChI=1S/C6H13NO3/c7-4-1-3(2-8)5(9)6(4)10/h3-6,8-10H,1-2,7H2/t3?,4-,5-,6+/m1/s1. The van der Waals surface area contributed by atoms with Gasteiger partial charge in [-0.1, -0.05) is 0 Å².